The Hall–Kier alpha value is 2.48. The Morgan fingerprint density at radius 2 is 0.488 bits per heavy atom. The molecule has 0 aromatic heterocycles. The average Bonchev–Trinajstić information content (AvgIpc) is 0.784. The molecule has 36 atom stereocenters. The summed E-state index contributed by atoms with van der Waals surface area (Å²) in [7, 11) is -12.4. The van der Waals surface area contributed by atoms with E-state index in [1.165, 1.54) is 0 Å². The van der Waals surface area contributed by atoms with Crippen molar-refractivity contribution >= 4 is 67.0 Å². The molecule has 0 spiro atoms. The molecular weight excluding hydrogens is 1870 g/mol. The van der Waals surface area contributed by atoms with Gasteiger partial charge in [-0.1, -0.05) is 24.2 Å². The van der Waals surface area contributed by atoms with Crippen LogP contribution in [0.25, 0.3) is 22.9 Å². The molecule has 8 rings (SSSR count). The summed E-state index contributed by atoms with van der Waals surface area (Å²) in [6, 6.07) is -7.02. The predicted molar refractivity (Wildman–Crippen MR) is 332 cm³/mol. The molecule has 0 aliphatic carbocycles. The number of hydrogen-bond acceptors (Lipinski definition) is 54. The molecule has 8 aliphatic heterocycles. The molecule has 0 saturated carbocycles. The fourth-order valence-electron chi connectivity index (χ4n) is 10.6. The zero-order valence-corrected chi connectivity index (χ0v) is 85.2. The second kappa shape index (κ2) is 78.5. The molecule has 123 heavy (non-hydrogen) atoms. The van der Waals surface area contributed by atoms with Crippen molar-refractivity contribution in [2.75, 3.05) is 39.6 Å². The number of nitrogens with one attached hydrogen (secondary N) is 4. The molecule has 58 nitrogen and oxygen atoms in total. The first kappa shape index (κ1) is 143. The van der Waals surface area contributed by atoms with E-state index >= 15 is 0 Å². The third-order valence-electron chi connectivity index (χ3n) is 15.9. The van der Waals surface area contributed by atoms with Gasteiger partial charge >= 0.3 is 303 Å². The van der Waals surface area contributed by atoms with Gasteiger partial charge in [-0.2, -0.15) is 64.8 Å². The molecule has 12 unspecified atom stereocenters. The zero-order chi connectivity index (χ0) is 88.4. The molecule has 8 heterocycles. The monoisotopic (exact) mass is 1950 g/mol. The number of rotatable bonds is 24. The second-order valence-electron chi connectivity index (χ2n) is 23.0. The van der Waals surface area contributed by atoms with E-state index in [1.54, 1.807) is 0 Å². The van der Waals surface area contributed by atoms with E-state index < -0.39 is 290 Å². The molecule has 0 aromatic carbocycles. The van der Waals surface area contributed by atoms with Crippen LogP contribution in [0.5, 0.6) is 0 Å². The minimum atomic E-state index is -3.11. The summed E-state index contributed by atoms with van der Waals surface area (Å²) >= 11 is 0. The maximum Gasteiger partial charge on any atom is 1.00 e. The van der Waals surface area contributed by atoms with Crippen molar-refractivity contribution in [3.63, 3.8) is 0 Å². The van der Waals surface area contributed by atoms with Gasteiger partial charge < -0.3 is 191 Å². The van der Waals surface area contributed by atoms with E-state index in [0.29, 0.717) is 13.0 Å². The molecular formula is C53H81N5Na8O53S4. The molecule has 0 amide bonds. The van der Waals surface area contributed by atoms with Crippen LogP contribution >= 0.6 is 0 Å². The van der Waals surface area contributed by atoms with Crippen molar-refractivity contribution in [1.29, 1.82) is 0 Å². The molecule has 0 bridgehead atoms. The van der Waals surface area contributed by atoms with Gasteiger partial charge in [0.25, 0.3) is 0 Å². The van der Waals surface area contributed by atoms with E-state index in [1.807, 2.05) is 0 Å². The Morgan fingerprint density at radius 1 is 0.285 bits per heavy atom. The van der Waals surface area contributed by atoms with Gasteiger partial charge in [0.2, 0.25) is 0 Å². The summed E-state index contributed by atoms with van der Waals surface area (Å²) in [6.45, 7) is 0.678. The Balaban J connectivity index is -0.000000453. The fraction of sp³-hybridized carbons (Fsp3) is 0.849. The summed E-state index contributed by atoms with van der Waals surface area (Å²) in [6.07, 6.45) is -52.0. The number of aliphatic hydroxyl groups excluding tert-OH is 17. The van der Waals surface area contributed by atoms with E-state index in [4.69, 9.17) is 193 Å². The van der Waals surface area contributed by atoms with Gasteiger partial charge in [-0.3, -0.25) is 0 Å². The van der Waals surface area contributed by atoms with Crippen LogP contribution in [-0.2, 0) is 157 Å². The van der Waals surface area contributed by atoms with Crippen molar-refractivity contribution in [2.24, 2.45) is 5.73 Å². The normalized spacial score (nSPS) is 37.2. The second-order valence-corrected chi connectivity index (χ2v) is 24.7. The van der Waals surface area contributed by atoms with Crippen LogP contribution in [0.4, 0.5) is 0 Å². The first-order valence-corrected chi connectivity index (χ1v) is 35.7. The minimum absolute atomic E-state index is 0. The summed E-state index contributed by atoms with van der Waals surface area (Å²) in [4.78, 5) is 65.0. The maximum atomic E-state index is 11.3. The summed E-state index contributed by atoms with van der Waals surface area (Å²) in [5.74, 6) is 0. The zero-order valence-electron chi connectivity index (χ0n) is 66.0. The summed E-state index contributed by atoms with van der Waals surface area (Å²) in [5, 5.41) is 182. The van der Waals surface area contributed by atoms with Crippen molar-refractivity contribution < 1.29 is 488 Å². The Labute approximate surface area is 878 Å². The third kappa shape index (κ3) is 49.9. The Kier molecular flexibility index (Phi) is 91.5. The van der Waals surface area contributed by atoms with Crippen LogP contribution in [0.15, 0.2) is 0 Å². The number of nitrogens with two attached hydrogens (primary N) is 1. The van der Waals surface area contributed by atoms with E-state index in [2.05, 4.69) is 0 Å². The number of ether oxygens (including phenoxy) is 16. The van der Waals surface area contributed by atoms with E-state index in [-0.39, 0.29) is 268 Å². The quantitative estimate of drug-likeness (QED) is 0.0242. The number of aliphatic hydroxyl groups is 17. The first-order chi connectivity index (χ1) is 54.1. The smallest absolute Gasteiger partial charge is 0.668 e. The molecule has 0 aromatic rings. The Morgan fingerprint density at radius 3 is 0.707 bits per heavy atom. The van der Waals surface area contributed by atoms with Crippen LogP contribution in [0.3, 0.4) is 0 Å². The molecule has 668 valence electrons. The Bertz CT molecular complexity index is 3240. The number of hydrogen-bond donors (Lipinski definition) is 18. The van der Waals surface area contributed by atoms with Gasteiger partial charge in [-0.05, 0) is 50.2 Å². The van der Waals surface area contributed by atoms with Gasteiger partial charge in [-0.15, -0.1) is 50.5 Å². The van der Waals surface area contributed by atoms with Crippen molar-refractivity contribution in [1.82, 2.24) is 0 Å². The molecule has 70 heteroatoms. The fourth-order valence-corrected chi connectivity index (χ4v) is 10.6. The van der Waals surface area contributed by atoms with Crippen molar-refractivity contribution in [3.05, 3.63) is 49.4 Å². The largest absolute Gasteiger partial charge is 1.00 e. The maximum absolute atomic E-state index is 11.3. The number of carbonyl (C=O) groups excluding carboxylic acids is 8. The number of unbranched alkanes of at least 4 members (excludes halogenated alkanes) is 2. The molecule has 23 N–H and O–H groups in total. The first-order valence-electron chi connectivity index (χ1n) is 31.7. The van der Waals surface area contributed by atoms with Crippen LogP contribution in [0.1, 0.15) is 19.3 Å². The van der Waals surface area contributed by atoms with Crippen molar-refractivity contribution in [3.8, 4) is 0 Å². The molecule has 8 aliphatic rings. The summed E-state index contributed by atoms with van der Waals surface area (Å²) in [5.41, 5.74) is 39.6. The van der Waals surface area contributed by atoms with Crippen LogP contribution in [0, 0.1) is 26.4 Å². The molecule has 8 fully saturated rings. The molecule has 0 radical (unpaired) electrons. The standard InChI is InChI=1S/C49H81N5O33.4CO2.8Na.4O3S/c50-4-2-1-3-5-72-46-35(68)27(60)18(10-73-46)82-43-23(52)32(65)39(15(7-56)78-43)86-48-37(70)29(62)20(12-75-48)84-45-25(54)34(67)41(17(9-58)80-45)87-49-38(71)30(63)21(13-76-49)83-44-24(53)33(66)40(16(8-57)79-44)85-47-36(69)28(61)19(11-74-47)81-42-22(51)31(64)26(59)14(6-55)77-42;4*2-1-3;;;;;;;;;4*1-4(2)3/h10-49,51-71H,1-9,50H2;;;;;;;;;;;;;;;;/q-8;;;;;8*+1;;;;/t14?,15?,16?,17?,18-,19-,20-,21-,22?,23?,24?,25?,26-,27-,28-,29-,30-,31-,32-,33-,34-,35?,36?,37?,38?,39-,40-,41-,42-,43+,44-,45-,46-,47+,48+,49+;;;;;;;;;;;;;;;;/m1................/s1. The summed E-state index contributed by atoms with van der Waals surface area (Å²) < 4.78 is 191. The predicted octanol–water partition coefficient (Wildman–Crippen LogP) is -40.2. The third-order valence-corrected chi connectivity index (χ3v) is 15.9. The topological polar surface area (TPSA) is 954 Å². The van der Waals surface area contributed by atoms with Gasteiger partial charge in [0.15, 0.2) is 25.2 Å². The van der Waals surface area contributed by atoms with Gasteiger partial charge in [0, 0.05) is 6.61 Å². The van der Waals surface area contributed by atoms with Crippen LogP contribution in [-0.4, -0.2) is 422 Å². The van der Waals surface area contributed by atoms with Crippen LogP contribution in [0.2, 0.25) is 0 Å². The van der Waals surface area contributed by atoms with Crippen molar-refractivity contribution in [2.45, 2.75) is 240 Å². The van der Waals surface area contributed by atoms with Gasteiger partial charge in [0.05, 0.1) is 75.3 Å². The van der Waals surface area contributed by atoms with Gasteiger partial charge in [0.1, 0.15) is 98.4 Å². The van der Waals surface area contributed by atoms with E-state index in [0.717, 1.165) is 39.3 Å². The molecule has 8 saturated heterocycles. The van der Waals surface area contributed by atoms with Crippen LogP contribution < -0.4 is 242 Å². The minimum Gasteiger partial charge on any atom is -0.668 e. The van der Waals surface area contributed by atoms with Gasteiger partial charge in [-0.25, -0.2) is 0 Å². The average molecular weight is 1950 g/mol. The SMILES string of the molecule is O=C=O.O=C=O.O=C=O.O=C=O.O=S(=O)=O.O=S(=O)=O.O=S(=O)=O.O=S(=O)=O.[NH-]C1[C@@H](O[C@@H]2[CH-]O[C@@H](O[C@@H]3C(CO)O[C@H](O[C@@H]4[CH-]O[C@@H](O[C@@H]5C(CO)O[C@H](O[C@@H]6[CH-]O[C@@H](O[C@@H]7C(CO)O[C@@H](O[C@@H]8[CH-]O[C@@H](OCCCCCN)C(O)[C@@H]8O)C([NH-])[C@H]7O)C(O)[C@@H]6O)C([NH-])[C@H]5O)C(O)[C@@H]4O)C([NH-])[C@H]3O)C(O)[C@@H]2O)OC(CO)[C@@H](O)[C@@H]1O.[Na+].[Na+].[Na+].[Na+].[Na+].[Na+].[Na+].[Na+]. The van der Waals surface area contributed by atoms with E-state index in [9.17, 15) is 86.8 Å².